The Morgan fingerprint density at radius 3 is 2.56 bits per heavy atom. The molecule has 10 nitrogen and oxygen atoms in total. The lowest BCUT2D eigenvalue weighted by Crippen LogP contribution is -2.48. The van der Waals surface area contributed by atoms with Crippen LogP contribution in [0.1, 0.15) is 12.0 Å². The van der Waals surface area contributed by atoms with Crippen LogP contribution in [0.15, 0.2) is 53.3 Å². The minimum absolute atomic E-state index is 0. The van der Waals surface area contributed by atoms with Crippen molar-refractivity contribution >= 4 is 46.5 Å². The van der Waals surface area contributed by atoms with Crippen molar-refractivity contribution in [3.8, 4) is 11.3 Å². The molecule has 14 heteroatoms. The van der Waals surface area contributed by atoms with Crippen molar-refractivity contribution < 1.29 is 37.4 Å². The molecule has 1 aliphatic heterocycles. The number of halogens is 4. The average molecular weight is 569 g/mol. The van der Waals surface area contributed by atoms with E-state index in [9.17, 15) is 32.3 Å². The number of hydrogen-bond acceptors (Lipinski definition) is 7. The lowest BCUT2D eigenvalue weighted by Gasteiger charge is -2.20. The molecule has 3 aromatic rings. The second kappa shape index (κ2) is 11.8. The maximum atomic E-state index is 13.5. The van der Waals surface area contributed by atoms with Crippen LogP contribution in [-0.2, 0) is 25.3 Å². The molecule has 2 atom stereocenters. The molecule has 0 aliphatic carbocycles. The number of nitrogens with zero attached hydrogens (tertiary/aromatic N) is 1. The zero-order chi connectivity index (χ0) is 27.6. The van der Waals surface area contributed by atoms with Crippen LogP contribution in [0, 0.1) is 0 Å². The fourth-order valence-corrected chi connectivity index (χ4v) is 4.32. The molecule has 39 heavy (non-hydrogen) atoms. The Kier molecular flexibility index (Phi) is 8.99. The van der Waals surface area contributed by atoms with Gasteiger partial charge in [-0.15, -0.1) is 12.4 Å². The van der Waals surface area contributed by atoms with Crippen molar-refractivity contribution in [3.63, 3.8) is 0 Å². The van der Waals surface area contributed by atoms with Crippen LogP contribution >= 0.6 is 12.4 Å². The number of alkyl halides is 3. The molecule has 2 heterocycles. The summed E-state index contributed by atoms with van der Waals surface area (Å²) in [5.74, 6) is -3.63. The van der Waals surface area contributed by atoms with Gasteiger partial charge >= 0.3 is 18.1 Å². The summed E-state index contributed by atoms with van der Waals surface area (Å²) in [5.41, 5.74) is 4.42. The molecule has 0 saturated carbocycles. The summed E-state index contributed by atoms with van der Waals surface area (Å²) in [6.07, 6.45) is -5.16. The number of H-pyrrole nitrogens is 1. The van der Waals surface area contributed by atoms with E-state index in [1.165, 1.54) is 24.3 Å². The number of pyridine rings is 1. The Bertz CT molecular complexity index is 1460. The zero-order valence-electron chi connectivity index (χ0n) is 20.2. The first-order valence-corrected chi connectivity index (χ1v) is 11.4. The van der Waals surface area contributed by atoms with E-state index in [2.05, 4.69) is 10.3 Å². The molecule has 0 spiro atoms. The summed E-state index contributed by atoms with van der Waals surface area (Å²) in [7, 11) is 0. The highest BCUT2D eigenvalue weighted by Crippen LogP contribution is 2.36. The average Bonchev–Trinajstić information content (AvgIpc) is 3.35. The number of nitrogens with one attached hydrogen (secondary N) is 2. The Morgan fingerprint density at radius 1 is 1.18 bits per heavy atom. The van der Waals surface area contributed by atoms with Crippen LogP contribution in [0.5, 0.6) is 0 Å². The van der Waals surface area contributed by atoms with Crippen molar-refractivity contribution in [1.29, 1.82) is 0 Å². The van der Waals surface area contributed by atoms with Crippen molar-refractivity contribution in [1.82, 2.24) is 10.3 Å². The van der Waals surface area contributed by atoms with Crippen molar-refractivity contribution in [2.75, 3.05) is 24.7 Å². The maximum absolute atomic E-state index is 13.5. The summed E-state index contributed by atoms with van der Waals surface area (Å²) in [4.78, 5) is 51.6. The molecule has 0 radical (unpaired) electrons. The minimum Gasteiger partial charge on any atom is -0.474 e. The summed E-state index contributed by atoms with van der Waals surface area (Å²) >= 11 is 0. The molecule has 4 rings (SSSR count). The number of amides is 1. The van der Waals surface area contributed by atoms with E-state index < -0.39 is 53.6 Å². The number of carboxylic acid groups (broad SMARTS) is 1. The van der Waals surface area contributed by atoms with Crippen LogP contribution in [0.4, 0.5) is 18.9 Å². The Hall–Kier alpha value is -3.94. The van der Waals surface area contributed by atoms with Gasteiger partial charge < -0.3 is 30.8 Å². The Labute approximate surface area is 225 Å². The first-order valence-electron chi connectivity index (χ1n) is 11.4. The van der Waals surface area contributed by atoms with Gasteiger partial charge in [0.15, 0.2) is 5.78 Å². The molecule has 1 saturated heterocycles. The van der Waals surface area contributed by atoms with E-state index >= 15 is 0 Å². The number of ketones is 1. The molecule has 2 aromatic carbocycles. The van der Waals surface area contributed by atoms with E-state index in [0.29, 0.717) is 11.1 Å². The largest absolute Gasteiger partial charge is 0.474 e. The molecule has 5 N–H and O–H groups in total. The van der Waals surface area contributed by atoms with Crippen molar-refractivity contribution in [3.05, 3.63) is 64.4 Å². The zero-order valence-corrected chi connectivity index (χ0v) is 21.0. The third kappa shape index (κ3) is 6.56. The van der Waals surface area contributed by atoms with Crippen LogP contribution in [0.25, 0.3) is 22.0 Å². The highest BCUT2D eigenvalue weighted by atomic mass is 35.5. The SMILES string of the molecule is Cl.NCC(=O)C(CC1CN(c2ccc3cc(-c4ccccc4C(F)(F)F)[nH]c(=O)c3c2)CO1)NC(=O)C(=O)O. The molecular formula is C25H24ClF3N4O6. The number of aromatic nitrogens is 1. The molecule has 1 fully saturated rings. The number of rotatable bonds is 7. The summed E-state index contributed by atoms with van der Waals surface area (Å²) < 4.78 is 46.1. The van der Waals surface area contributed by atoms with E-state index in [4.69, 9.17) is 15.6 Å². The number of ether oxygens (including phenoxy) is 1. The van der Waals surface area contributed by atoms with Crippen LogP contribution in [0.2, 0.25) is 0 Å². The third-order valence-corrected chi connectivity index (χ3v) is 6.20. The lowest BCUT2D eigenvalue weighted by atomic mass is 10.0. The number of carboxylic acids is 1. The second-order valence-corrected chi connectivity index (χ2v) is 8.70. The number of Topliss-reactive ketones (excluding diaryl/α,β-unsaturated/α-hetero) is 1. The fraction of sp³-hybridized carbons (Fsp3) is 0.280. The number of nitrogens with two attached hydrogens (primary N) is 1. The number of benzene rings is 2. The monoisotopic (exact) mass is 568 g/mol. The van der Waals surface area contributed by atoms with E-state index in [0.717, 1.165) is 6.07 Å². The van der Waals surface area contributed by atoms with Gasteiger partial charge in [0, 0.05) is 35.3 Å². The molecule has 1 aromatic heterocycles. The smallest absolute Gasteiger partial charge is 0.417 e. The molecule has 1 aliphatic rings. The summed E-state index contributed by atoms with van der Waals surface area (Å²) in [6, 6.07) is 10.2. The van der Waals surface area contributed by atoms with Crippen LogP contribution < -0.4 is 21.5 Å². The van der Waals surface area contributed by atoms with Gasteiger partial charge in [0.05, 0.1) is 24.3 Å². The number of fused-ring (bicyclic) bond motifs is 1. The first-order chi connectivity index (χ1) is 18.0. The van der Waals surface area contributed by atoms with Gasteiger partial charge in [0.2, 0.25) is 0 Å². The van der Waals surface area contributed by atoms with Gasteiger partial charge in [-0.05, 0) is 29.7 Å². The molecule has 2 unspecified atom stereocenters. The number of carbonyl (C=O) groups excluding carboxylic acids is 2. The molecule has 0 bridgehead atoms. The fourth-order valence-electron chi connectivity index (χ4n) is 4.32. The van der Waals surface area contributed by atoms with Crippen LogP contribution in [-0.4, -0.2) is 59.7 Å². The van der Waals surface area contributed by atoms with E-state index in [1.807, 2.05) is 0 Å². The lowest BCUT2D eigenvalue weighted by molar-refractivity contribution is -0.151. The molecular weight excluding hydrogens is 545 g/mol. The maximum Gasteiger partial charge on any atom is 0.417 e. The number of aliphatic carboxylic acids is 1. The number of anilines is 1. The number of hydrogen-bond donors (Lipinski definition) is 4. The first kappa shape index (κ1) is 29.6. The van der Waals surface area contributed by atoms with Crippen molar-refractivity contribution in [2.24, 2.45) is 5.73 Å². The van der Waals surface area contributed by atoms with Gasteiger partial charge in [-0.3, -0.25) is 14.4 Å². The predicted molar refractivity (Wildman–Crippen MR) is 138 cm³/mol. The Balaban J connectivity index is 0.00000420. The van der Waals surface area contributed by atoms with E-state index in [-0.39, 0.29) is 48.7 Å². The topological polar surface area (TPSA) is 155 Å². The van der Waals surface area contributed by atoms with E-state index in [1.54, 1.807) is 23.1 Å². The van der Waals surface area contributed by atoms with Gasteiger partial charge in [-0.1, -0.05) is 24.3 Å². The highest BCUT2D eigenvalue weighted by molar-refractivity contribution is 6.32. The van der Waals surface area contributed by atoms with Gasteiger partial charge in [-0.25, -0.2) is 4.79 Å². The summed E-state index contributed by atoms with van der Waals surface area (Å²) in [5, 5.41) is 11.6. The Morgan fingerprint density at radius 2 is 1.90 bits per heavy atom. The van der Waals surface area contributed by atoms with Gasteiger partial charge in [0.25, 0.3) is 5.56 Å². The highest BCUT2D eigenvalue weighted by Gasteiger charge is 2.34. The number of aromatic amines is 1. The van der Waals surface area contributed by atoms with Gasteiger partial charge in [-0.2, -0.15) is 13.2 Å². The minimum atomic E-state index is -4.59. The second-order valence-electron chi connectivity index (χ2n) is 8.70. The normalized spacial score (nSPS) is 16.0. The molecule has 208 valence electrons. The quantitative estimate of drug-likeness (QED) is 0.317. The third-order valence-electron chi connectivity index (χ3n) is 6.20. The predicted octanol–water partition coefficient (Wildman–Crippen LogP) is 2.29. The standard InChI is InChI=1S/C25H23F3N4O6.ClH/c26-25(27,28)18-4-2-1-3-16(18)19-7-13-5-6-14(8-17(13)22(34)30-19)32-11-15(38-12-32)9-20(21(33)10-29)31-23(35)24(36)37;/h1-8,15,20H,9-12,29H2,(H,30,34)(H,31,35)(H,36,37);1H. The van der Waals surface area contributed by atoms with Crippen LogP contribution in [0.3, 0.4) is 0 Å². The summed E-state index contributed by atoms with van der Waals surface area (Å²) in [6.45, 7) is -0.0524. The molecule has 1 amide bonds. The number of carbonyl (C=O) groups is 3. The van der Waals surface area contributed by atoms with Gasteiger partial charge in [0.1, 0.15) is 6.73 Å². The van der Waals surface area contributed by atoms with Crippen molar-refractivity contribution in [2.45, 2.75) is 24.7 Å².